The first-order valence-corrected chi connectivity index (χ1v) is 22.7. The molecule has 2 heteroatoms. The normalized spacial score (nSPS) is 15.9. The Balaban J connectivity index is 0.955. The van der Waals surface area contributed by atoms with Crippen molar-refractivity contribution >= 4 is 61.3 Å². The number of fused-ring (bicyclic) bond motifs is 8. The van der Waals surface area contributed by atoms with Crippen LogP contribution in [0.25, 0.3) is 77.6 Å². The van der Waals surface area contributed by atoms with Gasteiger partial charge in [0.15, 0.2) is 0 Å². The van der Waals surface area contributed by atoms with Gasteiger partial charge in [-0.15, -0.1) is 0 Å². The molecule has 4 aliphatic rings. The molecule has 9 aromatic rings. The predicted molar refractivity (Wildman–Crippen MR) is 271 cm³/mol. The second-order valence-corrected chi connectivity index (χ2v) is 17.4. The number of benzene rings is 8. The van der Waals surface area contributed by atoms with E-state index in [1.54, 1.807) is 0 Å². The van der Waals surface area contributed by atoms with E-state index in [9.17, 15) is 0 Å². The van der Waals surface area contributed by atoms with Crippen molar-refractivity contribution in [3.8, 4) is 33.4 Å². The molecule has 0 amide bonds. The van der Waals surface area contributed by atoms with Crippen LogP contribution in [0.1, 0.15) is 47.9 Å². The van der Waals surface area contributed by atoms with Crippen LogP contribution in [-0.2, 0) is 0 Å². The summed E-state index contributed by atoms with van der Waals surface area (Å²) in [4.78, 5) is 2.43. The SMILES string of the molecule is C1=CC(n2c3ccccc3c3cc(-c4ccc(N(c5ccc(-c6ccccc6)cc5)c5ccc6c(c5)/C(=C5\C7=C(C=CCC7)c7ccccc75)c5ccccc5-6)cc4)ccc32)=CCC1. The highest BCUT2D eigenvalue weighted by Crippen LogP contribution is 2.56. The summed E-state index contributed by atoms with van der Waals surface area (Å²) in [6, 6.07) is 69.9. The highest BCUT2D eigenvalue weighted by Gasteiger charge is 2.34. The third-order valence-corrected chi connectivity index (χ3v) is 13.8. The third-order valence-electron chi connectivity index (χ3n) is 13.8. The van der Waals surface area contributed by atoms with Gasteiger partial charge in [0.25, 0.3) is 0 Å². The molecular formula is C62H44N2. The third kappa shape index (κ3) is 5.80. The summed E-state index contributed by atoms with van der Waals surface area (Å²) >= 11 is 0. The van der Waals surface area contributed by atoms with Crippen LogP contribution in [0.2, 0.25) is 0 Å². The van der Waals surface area contributed by atoms with Gasteiger partial charge in [-0.2, -0.15) is 0 Å². The van der Waals surface area contributed by atoms with Gasteiger partial charge in [-0.3, -0.25) is 0 Å². The average Bonchev–Trinajstić information content (AvgIpc) is 4.00. The molecule has 13 rings (SSSR count). The number of rotatable bonds is 6. The standard InChI is InChI=1S/C62H44N2/c1-3-15-41(16-4-1)42-27-32-46(33-28-42)63(47-34-29-43(30-35-47)44-31-38-60-57(39-44)53-22-13-14-26-59(53)64(60)45-17-5-2-6-18-45)48-36-37-52-51-21-9-12-25-56(51)62(58(52)40-48)61-54-23-10-7-19-49(54)50-20-8-11-24-55(50)61/h1,3-5,7-10,12-23,25-40H,2,6,11,24H2/b62-61-. The summed E-state index contributed by atoms with van der Waals surface area (Å²) in [5.74, 6) is 0. The van der Waals surface area contributed by atoms with Crippen molar-refractivity contribution in [2.24, 2.45) is 0 Å². The molecule has 1 heterocycles. The fourth-order valence-electron chi connectivity index (χ4n) is 10.9. The van der Waals surface area contributed by atoms with Crippen molar-refractivity contribution in [2.45, 2.75) is 25.7 Å². The lowest BCUT2D eigenvalue weighted by molar-refractivity contribution is 1.01. The molecule has 8 aromatic carbocycles. The van der Waals surface area contributed by atoms with Gasteiger partial charge >= 0.3 is 0 Å². The van der Waals surface area contributed by atoms with E-state index in [0.29, 0.717) is 0 Å². The lowest BCUT2D eigenvalue weighted by Gasteiger charge is -2.27. The van der Waals surface area contributed by atoms with Gasteiger partial charge in [0.1, 0.15) is 0 Å². The molecule has 0 aliphatic heterocycles. The number of hydrogen-bond donors (Lipinski definition) is 0. The number of anilines is 3. The van der Waals surface area contributed by atoms with Crippen molar-refractivity contribution in [3.05, 3.63) is 246 Å². The van der Waals surface area contributed by atoms with Crippen LogP contribution in [0, 0.1) is 0 Å². The first-order chi connectivity index (χ1) is 31.8. The molecule has 0 radical (unpaired) electrons. The lowest BCUT2D eigenvalue weighted by atomic mass is 9.88. The minimum Gasteiger partial charge on any atom is -0.310 e. The highest BCUT2D eigenvalue weighted by molar-refractivity contribution is 6.19. The van der Waals surface area contributed by atoms with Gasteiger partial charge in [-0.25, -0.2) is 0 Å². The van der Waals surface area contributed by atoms with E-state index in [2.05, 4.69) is 228 Å². The molecule has 2 nitrogen and oxygen atoms in total. The first kappa shape index (κ1) is 36.7. The van der Waals surface area contributed by atoms with Crippen molar-refractivity contribution in [3.63, 3.8) is 0 Å². The van der Waals surface area contributed by atoms with E-state index in [1.807, 2.05) is 0 Å². The van der Waals surface area contributed by atoms with Crippen LogP contribution >= 0.6 is 0 Å². The van der Waals surface area contributed by atoms with Crippen LogP contribution in [0.4, 0.5) is 17.1 Å². The van der Waals surface area contributed by atoms with Gasteiger partial charge in [0.2, 0.25) is 0 Å². The second-order valence-electron chi connectivity index (χ2n) is 17.4. The van der Waals surface area contributed by atoms with Crippen molar-refractivity contribution in [1.82, 2.24) is 4.57 Å². The summed E-state index contributed by atoms with van der Waals surface area (Å²) in [5, 5.41) is 2.56. The van der Waals surface area contributed by atoms with E-state index in [-0.39, 0.29) is 0 Å². The molecule has 64 heavy (non-hydrogen) atoms. The Morgan fingerprint density at radius 1 is 0.375 bits per heavy atom. The Kier molecular flexibility index (Phi) is 8.52. The Labute approximate surface area is 374 Å². The fourth-order valence-corrected chi connectivity index (χ4v) is 10.9. The van der Waals surface area contributed by atoms with Gasteiger partial charge < -0.3 is 9.47 Å². The first-order valence-electron chi connectivity index (χ1n) is 22.7. The Hall–Kier alpha value is -7.94. The van der Waals surface area contributed by atoms with Crippen molar-refractivity contribution in [2.75, 3.05) is 4.90 Å². The van der Waals surface area contributed by atoms with Crippen LogP contribution in [0.3, 0.4) is 0 Å². The van der Waals surface area contributed by atoms with E-state index in [1.165, 1.54) is 105 Å². The Morgan fingerprint density at radius 3 is 1.73 bits per heavy atom. The second kappa shape index (κ2) is 14.9. The zero-order valence-electron chi connectivity index (χ0n) is 35.5. The summed E-state index contributed by atoms with van der Waals surface area (Å²) in [5.41, 5.74) is 25.4. The van der Waals surface area contributed by atoms with Gasteiger partial charge in [0, 0.05) is 33.5 Å². The number of hydrogen-bond acceptors (Lipinski definition) is 1. The molecule has 0 spiro atoms. The largest absolute Gasteiger partial charge is 0.310 e. The smallest absolute Gasteiger partial charge is 0.0541 e. The summed E-state index contributed by atoms with van der Waals surface area (Å²) < 4.78 is 2.43. The minimum atomic E-state index is 1.05. The quantitative estimate of drug-likeness (QED) is 0.162. The Morgan fingerprint density at radius 2 is 0.969 bits per heavy atom. The summed E-state index contributed by atoms with van der Waals surface area (Å²) in [6.45, 7) is 0. The van der Waals surface area contributed by atoms with Gasteiger partial charge in [0.05, 0.1) is 11.0 Å². The van der Waals surface area contributed by atoms with E-state index in [4.69, 9.17) is 0 Å². The van der Waals surface area contributed by atoms with Crippen LogP contribution in [0.15, 0.2) is 224 Å². The molecule has 0 N–H and O–H groups in total. The van der Waals surface area contributed by atoms with Crippen LogP contribution in [0.5, 0.6) is 0 Å². The lowest BCUT2D eigenvalue weighted by Crippen LogP contribution is -2.10. The van der Waals surface area contributed by atoms with E-state index < -0.39 is 0 Å². The van der Waals surface area contributed by atoms with Gasteiger partial charge in [-0.05, 0) is 164 Å². The fraction of sp³-hybridized carbons (Fsp3) is 0.0645. The molecule has 302 valence electrons. The number of aromatic nitrogens is 1. The molecule has 0 saturated carbocycles. The predicted octanol–water partition coefficient (Wildman–Crippen LogP) is 16.8. The number of allylic oxidation sites excluding steroid dienone is 9. The molecule has 0 fully saturated rings. The molecule has 1 aromatic heterocycles. The van der Waals surface area contributed by atoms with Crippen LogP contribution < -0.4 is 4.90 Å². The van der Waals surface area contributed by atoms with E-state index >= 15 is 0 Å². The Bertz CT molecular complexity index is 3510. The number of nitrogens with zero attached hydrogens (tertiary/aromatic N) is 2. The summed E-state index contributed by atoms with van der Waals surface area (Å²) in [6.07, 6.45) is 15.9. The van der Waals surface area contributed by atoms with Crippen molar-refractivity contribution in [1.29, 1.82) is 0 Å². The highest BCUT2D eigenvalue weighted by atomic mass is 15.1. The molecule has 0 unspecified atom stereocenters. The molecule has 0 bridgehead atoms. The maximum Gasteiger partial charge on any atom is 0.0541 e. The molecular weight excluding hydrogens is 773 g/mol. The molecule has 0 atom stereocenters. The molecule has 0 saturated heterocycles. The summed E-state index contributed by atoms with van der Waals surface area (Å²) in [7, 11) is 0. The zero-order chi connectivity index (χ0) is 42.1. The zero-order valence-corrected chi connectivity index (χ0v) is 35.5. The van der Waals surface area contributed by atoms with Gasteiger partial charge in [-0.1, -0.05) is 158 Å². The average molecular weight is 817 g/mol. The maximum absolute atomic E-state index is 2.46. The minimum absolute atomic E-state index is 1.05. The van der Waals surface area contributed by atoms with Crippen LogP contribution in [-0.4, -0.2) is 4.57 Å². The topological polar surface area (TPSA) is 8.17 Å². The maximum atomic E-state index is 2.46. The van der Waals surface area contributed by atoms with Crippen molar-refractivity contribution < 1.29 is 0 Å². The molecule has 4 aliphatic carbocycles. The van der Waals surface area contributed by atoms with E-state index in [0.717, 1.165) is 42.7 Å². The monoisotopic (exact) mass is 816 g/mol. The number of para-hydroxylation sites is 1.